The van der Waals surface area contributed by atoms with Crippen LogP contribution in [0.25, 0.3) is 11.0 Å². The van der Waals surface area contributed by atoms with Crippen LogP contribution < -0.4 is 10.6 Å². The van der Waals surface area contributed by atoms with Gasteiger partial charge in [-0.2, -0.15) is 0 Å². The zero-order valence-corrected chi connectivity index (χ0v) is 15.9. The summed E-state index contributed by atoms with van der Waals surface area (Å²) < 4.78 is 11.2. The number of furan rings is 1. The van der Waals surface area contributed by atoms with Gasteiger partial charge in [0, 0.05) is 17.7 Å². The van der Waals surface area contributed by atoms with Crippen molar-refractivity contribution >= 4 is 34.2 Å². The summed E-state index contributed by atoms with van der Waals surface area (Å²) in [4.78, 5) is 25.5. The molecule has 6 heteroatoms. The largest absolute Gasteiger partial charge is 0.449 e. The molecule has 4 rings (SSSR count). The number of fused-ring (bicyclic) bond motifs is 1. The van der Waals surface area contributed by atoms with Crippen LogP contribution in [0.15, 0.2) is 46.9 Å². The van der Waals surface area contributed by atoms with Crippen molar-refractivity contribution in [1.82, 2.24) is 0 Å². The van der Waals surface area contributed by atoms with Gasteiger partial charge in [0.15, 0.2) is 0 Å². The Balaban J connectivity index is 1.66. The van der Waals surface area contributed by atoms with Crippen molar-refractivity contribution in [1.29, 1.82) is 0 Å². The molecule has 1 aliphatic heterocycles. The molecule has 0 spiro atoms. The summed E-state index contributed by atoms with van der Waals surface area (Å²) in [7, 11) is 0. The highest BCUT2D eigenvalue weighted by Crippen LogP contribution is 2.32. The summed E-state index contributed by atoms with van der Waals surface area (Å²) in [6.45, 7) is 4.57. The highest BCUT2D eigenvalue weighted by atomic mass is 16.5. The molecule has 2 amide bonds. The first kappa shape index (κ1) is 18.3. The second kappa shape index (κ2) is 7.48. The first-order valence-electron chi connectivity index (χ1n) is 9.35. The maximum Gasteiger partial charge on any atom is 0.293 e. The monoisotopic (exact) mass is 378 g/mol. The summed E-state index contributed by atoms with van der Waals surface area (Å²) >= 11 is 0. The van der Waals surface area contributed by atoms with Crippen LogP contribution in [0, 0.1) is 13.8 Å². The predicted octanol–water partition coefficient (Wildman–Crippen LogP) is 4.42. The van der Waals surface area contributed by atoms with E-state index < -0.39 is 12.0 Å². The van der Waals surface area contributed by atoms with E-state index >= 15 is 0 Å². The number of ether oxygens (including phenoxy) is 1. The van der Waals surface area contributed by atoms with E-state index in [0.29, 0.717) is 35.4 Å². The van der Waals surface area contributed by atoms with E-state index in [4.69, 9.17) is 9.15 Å². The van der Waals surface area contributed by atoms with Crippen molar-refractivity contribution in [2.45, 2.75) is 32.8 Å². The number of hydrogen-bond donors (Lipinski definition) is 2. The van der Waals surface area contributed by atoms with Gasteiger partial charge in [0.25, 0.3) is 11.8 Å². The number of amides is 2. The minimum absolute atomic E-state index is 0.0748. The van der Waals surface area contributed by atoms with Crippen molar-refractivity contribution in [2.24, 2.45) is 0 Å². The summed E-state index contributed by atoms with van der Waals surface area (Å²) in [5.74, 6) is -0.600. The molecule has 6 nitrogen and oxygen atoms in total. The summed E-state index contributed by atoms with van der Waals surface area (Å²) in [5.41, 5.74) is 3.80. The molecule has 1 fully saturated rings. The molecule has 1 atom stereocenters. The zero-order valence-electron chi connectivity index (χ0n) is 15.9. The zero-order chi connectivity index (χ0) is 19.7. The molecule has 2 N–H and O–H groups in total. The number of aryl methyl sites for hydroxylation is 2. The van der Waals surface area contributed by atoms with Gasteiger partial charge >= 0.3 is 0 Å². The highest BCUT2D eigenvalue weighted by molar-refractivity contribution is 6.15. The number of hydrogen-bond acceptors (Lipinski definition) is 4. The molecular weight excluding hydrogens is 356 g/mol. The van der Waals surface area contributed by atoms with Gasteiger partial charge in [-0.25, -0.2) is 0 Å². The van der Waals surface area contributed by atoms with Crippen LogP contribution in [0.4, 0.5) is 11.4 Å². The van der Waals surface area contributed by atoms with Gasteiger partial charge in [-0.15, -0.1) is 0 Å². The van der Waals surface area contributed by atoms with E-state index in [1.165, 1.54) is 0 Å². The average Bonchev–Trinajstić information content (AvgIpc) is 3.33. The quantitative estimate of drug-likeness (QED) is 0.704. The summed E-state index contributed by atoms with van der Waals surface area (Å²) in [6, 6.07) is 12.9. The van der Waals surface area contributed by atoms with Gasteiger partial charge in [0.1, 0.15) is 17.4 Å². The summed E-state index contributed by atoms with van der Waals surface area (Å²) in [5, 5.41) is 6.38. The predicted molar refractivity (Wildman–Crippen MR) is 108 cm³/mol. The van der Waals surface area contributed by atoms with Crippen LogP contribution in [0.3, 0.4) is 0 Å². The lowest BCUT2D eigenvalue weighted by atomic mass is 10.1. The minimum Gasteiger partial charge on any atom is -0.449 e. The Hall–Kier alpha value is -3.12. The molecular formula is C22H22N2O4. The van der Waals surface area contributed by atoms with Gasteiger partial charge in [-0.3, -0.25) is 9.59 Å². The molecule has 1 aromatic heterocycles. The van der Waals surface area contributed by atoms with Crippen molar-refractivity contribution in [3.63, 3.8) is 0 Å². The molecule has 2 aromatic carbocycles. The van der Waals surface area contributed by atoms with Crippen LogP contribution in [0.5, 0.6) is 0 Å². The first-order chi connectivity index (χ1) is 13.5. The molecule has 3 aromatic rings. The topological polar surface area (TPSA) is 80.6 Å². The number of benzene rings is 2. The lowest BCUT2D eigenvalue weighted by Gasteiger charge is -2.11. The average molecular weight is 378 g/mol. The fourth-order valence-corrected chi connectivity index (χ4v) is 3.32. The van der Waals surface area contributed by atoms with Crippen LogP contribution in [-0.2, 0) is 9.53 Å². The van der Waals surface area contributed by atoms with E-state index in [9.17, 15) is 9.59 Å². The third-order valence-corrected chi connectivity index (χ3v) is 5.04. The number of anilines is 2. The Kier molecular flexibility index (Phi) is 4.88. The Morgan fingerprint density at radius 3 is 2.61 bits per heavy atom. The molecule has 0 radical (unpaired) electrons. The summed E-state index contributed by atoms with van der Waals surface area (Å²) in [6.07, 6.45) is 1.03. The van der Waals surface area contributed by atoms with E-state index in [1.54, 1.807) is 6.07 Å². The minimum atomic E-state index is -0.496. The normalized spacial score (nSPS) is 16.3. The smallest absolute Gasteiger partial charge is 0.293 e. The number of carbonyl (C=O) groups excluding carboxylic acids is 2. The molecule has 0 unspecified atom stereocenters. The molecule has 0 bridgehead atoms. The fraction of sp³-hybridized carbons (Fsp3) is 0.273. The first-order valence-corrected chi connectivity index (χ1v) is 9.35. The molecule has 1 saturated heterocycles. The van der Waals surface area contributed by atoms with Crippen LogP contribution in [-0.4, -0.2) is 24.5 Å². The van der Waals surface area contributed by atoms with Crippen LogP contribution >= 0.6 is 0 Å². The Bertz CT molecular complexity index is 1050. The second-order valence-electron chi connectivity index (χ2n) is 7.05. The molecule has 144 valence electrons. The Labute approximate surface area is 162 Å². The van der Waals surface area contributed by atoms with E-state index in [0.717, 1.165) is 17.5 Å². The highest BCUT2D eigenvalue weighted by Gasteiger charge is 2.28. The third-order valence-electron chi connectivity index (χ3n) is 5.04. The van der Waals surface area contributed by atoms with Gasteiger partial charge in [0.2, 0.25) is 5.76 Å². The SMILES string of the molecule is Cc1ccc(NC(=O)c2oc3ccccc3c2NC(=O)[C@@H]2CCCO2)cc1C. The van der Waals surface area contributed by atoms with Crippen LogP contribution in [0.1, 0.15) is 34.5 Å². The second-order valence-corrected chi connectivity index (χ2v) is 7.05. The molecule has 28 heavy (non-hydrogen) atoms. The van der Waals surface area contributed by atoms with Crippen molar-refractivity contribution in [3.05, 3.63) is 59.4 Å². The van der Waals surface area contributed by atoms with Crippen molar-refractivity contribution in [3.8, 4) is 0 Å². The van der Waals surface area contributed by atoms with Crippen molar-refractivity contribution in [2.75, 3.05) is 17.2 Å². The maximum absolute atomic E-state index is 12.9. The van der Waals surface area contributed by atoms with Gasteiger partial charge < -0.3 is 19.8 Å². The third kappa shape index (κ3) is 3.51. The van der Waals surface area contributed by atoms with E-state index in [1.807, 2.05) is 50.2 Å². The van der Waals surface area contributed by atoms with Crippen LogP contribution in [0.2, 0.25) is 0 Å². The number of para-hydroxylation sites is 1. The van der Waals surface area contributed by atoms with E-state index in [-0.39, 0.29) is 11.7 Å². The van der Waals surface area contributed by atoms with Gasteiger partial charge in [-0.1, -0.05) is 18.2 Å². The fourth-order valence-electron chi connectivity index (χ4n) is 3.32. The number of nitrogens with one attached hydrogen (secondary N) is 2. The standard InChI is InChI=1S/C22H22N2O4/c1-13-9-10-15(12-14(13)2)23-22(26)20-19(16-6-3-4-7-17(16)28-20)24-21(25)18-8-5-11-27-18/h3-4,6-7,9-10,12,18H,5,8,11H2,1-2H3,(H,23,26)(H,24,25)/t18-/m0/s1. The number of rotatable bonds is 4. The maximum atomic E-state index is 12.9. The van der Waals surface area contributed by atoms with Gasteiger partial charge in [-0.05, 0) is 62.1 Å². The lowest BCUT2D eigenvalue weighted by Crippen LogP contribution is -2.27. The molecule has 0 aliphatic carbocycles. The Morgan fingerprint density at radius 2 is 1.86 bits per heavy atom. The van der Waals surface area contributed by atoms with Crippen molar-refractivity contribution < 1.29 is 18.7 Å². The lowest BCUT2D eigenvalue weighted by molar-refractivity contribution is -0.124. The molecule has 1 aliphatic rings. The molecule has 2 heterocycles. The van der Waals surface area contributed by atoms with E-state index in [2.05, 4.69) is 10.6 Å². The Morgan fingerprint density at radius 1 is 1.04 bits per heavy atom. The molecule has 0 saturated carbocycles. The number of carbonyl (C=O) groups is 2. The van der Waals surface area contributed by atoms with Gasteiger partial charge in [0.05, 0.1) is 0 Å².